The fraction of sp³-hybridized carbons (Fsp3) is 0.667. The highest BCUT2D eigenvalue weighted by molar-refractivity contribution is 5.87. The molecule has 4 aliphatic carbocycles. The van der Waals surface area contributed by atoms with Gasteiger partial charge in [0.25, 0.3) is 0 Å². The summed E-state index contributed by atoms with van der Waals surface area (Å²) >= 11 is 0. The summed E-state index contributed by atoms with van der Waals surface area (Å²) in [7, 11) is 0. The molecule has 4 saturated carbocycles. The number of aromatic nitrogens is 1. The van der Waals surface area contributed by atoms with Crippen LogP contribution < -0.4 is 11.1 Å². The van der Waals surface area contributed by atoms with Crippen LogP contribution in [0.2, 0.25) is 0 Å². The molecule has 1 heterocycles. The van der Waals surface area contributed by atoms with Crippen molar-refractivity contribution < 1.29 is 22.8 Å². The van der Waals surface area contributed by atoms with Crippen LogP contribution in [0.3, 0.4) is 0 Å². The molecule has 5 nitrogen and oxygen atoms in total. The number of primary amides is 1. The molecule has 0 radical (unpaired) electrons. The Morgan fingerprint density at radius 2 is 1.79 bits per heavy atom. The molecule has 0 saturated heterocycles. The van der Waals surface area contributed by atoms with Crippen LogP contribution in [-0.4, -0.2) is 22.8 Å². The number of carbonyl (C=O) groups excluding carboxylic acids is 2. The van der Waals surface area contributed by atoms with Gasteiger partial charge in [0.15, 0.2) is 0 Å². The van der Waals surface area contributed by atoms with Crippen LogP contribution in [0.15, 0.2) is 18.3 Å². The fourth-order valence-corrected chi connectivity index (χ4v) is 5.96. The van der Waals surface area contributed by atoms with Gasteiger partial charge in [-0.15, -0.1) is 0 Å². The van der Waals surface area contributed by atoms with E-state index in [0.29, 0.717) is 18.8 Å². The maximum atomic E-state index is 13.1. The average molecular weight is 409 g/mol. The zero-order chi connectivity index (χ0) is 21.2. The molecule has 3 N–H and O–H groups in total. The van der Waals surface area contributed by atoms with Crippen LogP contribution >= 0.6 is 0 Å². The molecule has 29 heavy (non-hydrogen) atoms. The van der Waals surface area contributed by atoms with Gasteiger partial charge in [0.05, 0.1) is 16.7 Å². The summed E-state index contributed by atoms with van der Waals surface area (Å²) < 4.78 is 39.2. The molecule has 1 aromatic rings. The number of pyridine rings is 1. The van der Waals surface area contributed by atoms with Gasteiger partial charge >= 0.3 is 6.18 Å². The van der Waals surface area contributed by atoms with Crippen LogP contribution in [0.5, 0.6) is 0 Å². The molecule has 5 rings (SSSR count). The van der Waals surface area contributed by atoms with Crippen molar-refractivity contribution in [3.8, 4) is 0 Å². The Kier molecular flexibility index (Phi) is 4.48. The number of carbonyl (C=O) groups is 2. The van der Waals surface area contributed by atoms with Crippen LogP contribution in [0.1, 0.15) is 57.2 Å². The fourth-order valence-electron chi connectivity index (χ4n) is 5.96. The molecule has 0 aliphatic heterocycles. The van der Waals surface area contributed by atoms with Crippen LogP contribution in [0, 0.1) is 23.2 Å². The first-order chi connectivity index (χ1) is 13.4. The quantitative estimate of drug-likeness (QED) is 0.801. The Hall–Kier alpha value is -2.12. The van der Waals surface area contributed by atoms with Crippen molar-refractivity contribution in [2.75, 3.05) is 0 Å². The molecule has 2 amide bonds. The van der Waals surface area contributed by atoms with Crippen molar-refractivity contribution in [2.24, 2.45) is 28.9 Å². The minimum atomic E-state index is -4.49. The van der Waals surface area contributed by atoms with Crippen molar-refractivity contribution in [3.05, 3.63) is 29.6 Å². The first kappa shape index (κ1) is 20.2. The first-order valence-corrected chi connectivity index (χ1v) is 10.1. The monoisotopic (exact) mass is 409 g/mol. The molecule has 3 unspecified atom stereocenters. The maximum Gasteiger partial charge on any atom is 0.416 e. The number of halogens is 3. The van der Waals surface area contributed by atoms with Crippen LogP contribution in [0.4, 0.5) is 13.2 Å². The van der Waals surface area contributed by atoms with E-state index in [-0.39, 0.29) is 35.4 Å². The molecule has 1 aromatic heterocycles. The van der Waals surface area contributed by atoms with Crippen molar-refractivity contribution in [1.82, 2.24) is 10.3 Å². The zero-order valence-corrected chi connectivity index (χ0v) is 16.6. The number of nitrogens with one attached hydrogen (secondary N) is 1. The van der Waals surface area contributed by atoms with Gasteiger partial charge in [-0.3, -0.25) is 14.6 Å². The summed E-state index contributed by atoms with van der Waals surface area (Å²) in [5.41, 5.74) is 3.31. The van der Waals surface area contributed by atoms with Crippen LogP contribution in [-0.2, 0) is 21.2 Å². The Bertz CT molecular complexity index is 836. The lowest BCUT2D eigenvalue weighted by molar-refractivity contribution is -0.148. The summed E-state index contributed by atoms with van der Waals surface area (Å²) in [6.45, 7) is 3.18. The largest absolute Gasteiger partial charge is 0.416 e. The standard InChI is InChI=1S/C21H26F3N3O2/c1-19(2,15-7-14(3-4-26-15)21(22,23)24)18(29)27-16-12-5-11-6-13(16)10-20(8-11,9-12)17(25)28/h3-4,7,11-13,16H,5-6,8-10H2,1-2H3,(H2,25,28)(H,27,29)/t11?,12-,13+,16?,20?. The normalized spacial score (nSPS) is 33.6. The second-order valence-electron chi connectivity index (χ2n) is 9.67. The van der Waals surface area contributed by atoms with E-state index < -0.39 is 22.6 Å². The molecule has 5 atom stereocenters. The lowest BCUT2D eigenvalue weighted by Gasteiger charge is -2.59. The third kappa shape index (κ3) is 3.30. The number of hydrogen-bond donors (Lipinski definition) is 2. The number of nitrogens with two attached hydrogens (primary N) is 1. The van der Waals surface area contributed by atoms with Gasteiger partial charge in [0, 0.05) is 17.7 Å². The van der Waals surface area contributed by atoms with Gasteiger partial charge in [0.2, 0.25) is 11.8 Å². The third-order valence-electron chi connectivity index (χ3n) is 7.39. The van der Waals surface area contributed by atoms with E-state index in [1.165, 1.54) is 0 Å². The van der Waals surface area contributed by atoms with E-state index in [4.69, 9.17) is 5.73 Å². The summed E-state index contributed by atoms with van der Waals surface area (Å²) in [4.78, 5) is 29.2. The van der Waals surface area contributed by atoms with E-state index in [9.17, 15) is 22.8 Å². The molecule has 4 bridgehead atoms. The number of rotatable bonds is 4. The maximum absolute atomic E-state index is 13.1. The molecule has 158 valence electrons. The Morgan fingerprint density at radius 1 is 1.17 bits per heavy atom. The Labute approximate surface area is 167 Å². The number of amides is 2. The van der Waals surface area contributed by atoms with Gasteiger partial charge in [-0.05, 0) is 75.8 Å². The molecular weight excluding hydrogens is 383 g/mol. The summed E-state index contributed by atoms with van der Waals surface area (Å²) in [6.07, 6.45) is 0.722. The van der Waals surface area contributed by atoms with Gasteiger partial charge < -0.3 is 11.1 Å². The topological polar surface area (TPSA) is 85.1 Å². The number of nitrogens with zero attached hydrogens (tertiary/aromatic N) is 1. The average Bonchev–Trinajstić information content (AvgIpc) is 2.63. The lowest BCUT2D eigenvalue weighted by Crippen LogP contribution is -2.63. The van der Waals surface area contributed by atoms with E-state index in [1.54, 1.807) is 13.8 Å². The molecule has 0 aromatic carbocycles. The van der Waals surface area contributed by atoms with E-state index in [2.05, 4.69) is 10.3 Å². The SMILES string of the molecule is CC(C)(C(=O)NC1[C@@H]2CC3C[C@H]1CC(C(N)=O)(C3)C2)c1cc(C(F)(F)F)ccn1. The van der Waals surface area contributed by atoms with E-state index in [1.807, 2.05) is 0 Å². The first-order valence-electron chi connectivity index (χ1n) is 10.1. The van der Waals surface area contributed by atoms with Crippen molar-refractivity contribution in [1.29, 1.82) is 0 Å². The molecular formula is C21H26F3N3O2. The van der Waals surface area contributed by atoms with Crippen molar-refractivity contribution in [2.45, 2.75) is 63.6 Å². The van der Waals surface area contributed by atoms with Crippen LogP contribution in [0.25, 0.3) is 0 Å². The third-order valence-corrected chi connectivity index (χ3v) is 7.39. The number of alkyl halides is 3. The zero-order valence-electron chi connectivity index (χ0n) is 16.6. The molecule has 8 heteroatoms. The van der Waals surface area contributed by atoms with E-state index >= 15 is 0 Å². The van der Waals surface area contributed by atoms with Gasteiger partial charge in [-0.2, -0.15) is 13.2 Å². The second kappa shape index (κ2) is 6.44. The summed E-state index contributed by atoms with van der Waals surface area (Å²) in [6, 6.07) is 1.77. The van der Waals surface area contributed by atoms with Crippen molar-refractivity contribution >= 4 is 11.8 Å². The molecule has 0 spiro atoms. The highest BCUT2D eigenvalue weighted by Gasteiger charge is 2.58. The highest BCUT2D eigenvalue weighted by Crippen LogP contribution is 2.60. The van der Waals surface area contributed by atoms with Gasteiger partial charge in [-0.25, -0.2) is 0 Å². The second-order valence-corrected chi connectivity index (χ2v) is 9.67. The smallest absolute Gasteiger partial charge is 0.369 e. The van der Waals surface area contributed by atoms with Crippen molar-refractivity contribution in [3.63, 3.8) is 0 Å². The minimum Gasteiger partial charge on any atom is -0.369 e. The van der Waals surface area contributed by atoms with Gasteiger partial charge in [-0.1, -0.05) is 0 Å². The highest BCUT2D eigenvalue weighted by atomic mass is 19.4. The molecule has 4 fully saturated rings. The van der Waals surface area contributed by atoms with E-state index in [0.717, 1.165) is 37.6 Å². The summed E-state index contributed by atoms with van der Waals surface area (Å²) in [5.74, 6) is 0.252. The number of hydrogen-bond acceptors (Lipinski definition) is 3. The Morgan fingerprint density at radius 3 is 2.34 bits per heavy atom. The van der Waals surface area contributed by atoms with Gasteiger partial charge in [0.1, 0.15) is 0 Å². The lowest BCUT2D eigenvalue weighted by atomic mass is 9.47. The predicted molar refractivity (Wildman–Crippen MR) is 99.4 cm³/mol. The Balaban J connectivity index is 1.53. The summed E-state index contributed by atoms with van der Waals surface area (Å²) in [5, 5.41) is 3.10. The minimum absolute atomic E-state index is 0.0726. The molecule has 4 aliphatic rings. The predicted octanol–water partition coefficient (Wildman–Crippen LogP) is 3.17.